The fourth-order valence-electron chi connectivity index (χ4n) is 8.82. The number of methoxy groups -OCH3 is 1. The summed E-state index contributed by atoms with van der Waals surface area (Å²) in [6.07, 6.45) is 4.67. The van der Waals surface area contributed by atoms with Gasteiger partial charge in [0.2, 0.25) is 17.7 Å². The first-order valence-electron chi connectivity index (χ1n) is 24.6. The van der Waals surface area contributed by atoms with Crippen molar-refractivity contribution >= 4 is 52.5 Å². The highest BCUT2D eigenvalue weighted by Crippen LogP contribution is 2.36. The van der Waals surface area contributed by atoms with E-state index >= 15 is 0 Å². The Morgan fingerprint density at radius 3 is 2.25 bits per heavy atom. The zero-order valence-electron chi connectivity index (χ0n) is 41.7. The molecule has 5 heterocycles. The zero-order valence-corrected chi connectivity index (χ0v) is 41.7. The molecule has 8 rings (SSSR count). The maximum absolute atomic E-state index is 14.9. The molecule has 3 aliphatic heterocycles. The number of ether oxygens (including phenoxy) is 5. The average Bonchev–Trinajstić information content (AvgIpc) is 3.69. The highest BCUT2D eigenvalue weighted by molar-refractivity contribution is 6.25. The predicted molar refractivity (Wildman–Crippen MR) is 273 cm³/mol. The van der Waals surface area contributed by atoms with Crippen molar-refractivity contribution in [2.75, 3.05) is 121 Å². The summed E-state index contributed by atoms with van der Waals surface area (Å²) in [5.74, 6) is -3.34. The Labute approximate surface area is 436 Å². The zero-order chi connectivity index (χ0) is 53.4. The highest BCUT2D eigenvalue weighted by atomic mass is 19.1. The van der Waals surface area contributed by atoms with Crippen LogP contribution in [0.15, 0.2) is 85.3 Å². The number of nitriles is 1. The number of piperazine rings is 1. The molecule has 23 heteroatoms. The molecule has 2 fully saturated rings. The van der Waals surface area contributed by atoms with Crippen LogP contribution in [-0.2, 0) is 33.3 Å². The lowest BCUT2D eigenvalue weighted by atomic mass is 10.0. The van der Waals surface area contributed by atoms with Crippen molar-refractivity contribution in [3.8, 4) is 34.3 Å². The van der Waals surface area contributed by atoms with Crippen LogP contribution in [0.25, 0.3) is 22.5 Å². The Morgan fingerprint density at radius 2 is 1.53 bits per heavy atom. The number of imide groups is 2. The molecule has 6 amide bonds. The number of piperidine rings is 1. The van der Waals surface area contributed by atoms with Crippen LogP contribution in [0.2, 0.25) is 0 Å². The van der Waals surface area contributed by atoms with Crippen molar-refractivity contribution in [1.82, 2.24) is 35.4 Å². The molecule has 1 unspecified atom stereocenters. The maximum Gasteiger partial charge on any atom is 0.274 e. The van der Waals surface area contributed by atoms with Gasteiger partial charge in [0.25, 0.3) is 17.7 Å². The smallest absolute Gasteiger partial charge is 0.274 e. The van der Waals surface area contributed by atoms with Crippen molar-refractivity contribution in [3.05, 3.63) is 114 Å². The number of nitrogens with zero attached hydrogens (tertiary/aromatic N) is 7. The minimum absolute atomic E-state index is 0.00519. The number of carbonyl (C=O) groups excluding carboxylic acids is 6. The van der Waals surface area contributed by atoms with E-state index in [2.05, 4.69) is 47.2 Å². The summed E-state index contributed by atoms with van der Waals surface area (Å²) in [6.45, 7) is 5.62. The van der Waals surface area contributed by atoms with Gasteiger partial charge in [-0.05, 0) is 60.5 Å². The van der Waals surface area contributed by atoms with E-state index in [4.69, 9.17) is 23.7 Å². The molecular weight excluding hydrogens is 986 g/mol. The number of hydrogen-bond acceptors (Lipinski definition) is 18. The molecule has 0 saturated carbocycles. The van der Waals surface area contributed by atoms with E-state index in [1.165, 1.54) is 37.6 Å². The number of fused-ring (bicyclic) bond motifs is 1. The van der Waals surface area contributed by atoms with Gasteiger partial charge in [0, 0.05) is 75.5 Å². The summed E-state index contributed by atoms with van der Waals surface area (Å²) in [7, 11) is 1.41. The highest BCUT2D eigenvalue weighted by Gasteiger charge is 2.45. The van der Waals surface area contributed by atoms with Crippen molar-refractivity contribution in [1.29, 1.82) is 5.26 Å². The molecule has 0 radical (unpaired) electrons. The second-order valence-corrected chi connectivity index (χ2v) is 17.5. The summed E-state index contributed by atoms with van der Waals surface area (Å²) in [5, 5.41) is 21.0. The predicted octanol–water partition coefficient (Wildman–Crippen LogP) is 3.30. The molecule has 3 aliphatic rings. The fraction of sp³-hybridized carbons (Fsp3) is 0.358. The molecule has 22 nitrogen and oxygen atoms in total. The number of rotatable bonds is 25. The first-order chi connectivity index (χ1) is 37.0. The molecule has 1 atom stereocenters. The van der Waals surface area contributed by atoms with Gasteiger partial charge in [-0.3, -0.25) is 48.9 Å². The number of hydrogen-bond donors (Lipinski definition) is 4. The van der Waals surface area contributed by atoms with Gasteiger partial charge in [-0.2, -0.15) is 5.26 Å². The lowest BCUT2D eigenvalue weighted by molar-refractivity contribution is -0.136. The third-order valence-electron chi connectivity index (χ3n) is 12.6. The average molecular weight is 1040 g/mol. The van der Waals surface area contributed by atoms with Gasteiger partial charge >= 0.3 is 0 Å². The second-order valence-electron chi connectivity index (χ2n) is 17.5. The van der Waals surface area contributed by atoms with Crippen molar-refractivity contribution in [2.24, 2.45) is 0 Å². The van der Waals surface area contributed by atoms with Crippen LogP contribution < -0.4 is 30.9 Å². The Kier molecular flexibility index (Phi) is 18.7. The van der Waals surface area contributed by atoms with E-state index < -0.39 is 41.4 Å². The first kappa shape index (κ1) is 54.0. The molecule has 0 spiro atoms. The third-order valence-corrected chi connectivity index (χ3v) is 12.6. The van der Waals surface area contributed by atoms with Crippen LogP contribution in [0.5, 0.6) is 5.75 Å². The quantitative estimate of drug-likeness (QED) is 0.0482. The number of carbonyl (C=O) groups is 6. The summed E-state index contributed by atoms with van der Waals surface area (Å²) in [4.78, 5) is 94.8. The number of anilines is 3. The molecule has 76 heavy (non-hydrogen) atoms. The summed E-state index contributed by atoms with van der Waals surface area (Å²) in [6, 6.07) is 18.9. The van der Waals surface area contributed by atoms with Gasteiger partial charge in [0.1, 0.15) is 23.3 Å². The molecule has 2 saturated heterocycles. The lowest BCUT2D eigenvalue weighted by Gasteiger charge is -2.36. The van der Waals surface area contributed by atoms with Crippen LogP contribution in [0.3, 0.4) is 0 Å². The van der Waals surface area contributed by atoms with E-state index in [1.54, 1.807) is 48.8 Å². The van der Waals surface area contributed by atoms with E-state index in [0.29, 0.717) is 120 Å². The van der Waals surface area contributed by atoms with Crippen molar-refractivity contribution in [3.63, 3.8) is 0 Å². The standard InChI is InChI=1S/C53H56FN11O11/c1-72-44-7-3-5-38(54)48(44)49-59-15-13-41(60-49)50(68)61-39-9-8-34(37-32-56-14-12-35(37)31-55)30-43(39)64-20-18-63(19-21-64)33-46(67)58-17-23-74-25-27-76-29-28-75-26-24-73-22-16-57-40-6-2-4-36-47(40)53(71)65(52(36)70)42-10-11-45(66)62-51(42)69/h2-9,12-15,30,32,42,57H,10-11,16-29,33H2,1H3,(H,58,67)(H,61,68)(H,62,66,69). The SMILES string of the molecule is COc1cccc(F)c1-c1nccc(C(=O)Nc2ccc(-c3cnccc3C#N)cc2N2CCN(CC(=O)NCCOCCOCCOCCOCCNc3cccc4c3C(=O)N(C3CCC(=O)NC3=O)C4=O)CC2)n1. The fourth-order valence-corrected chi connectivity index (χ4v) is 8.82. The summed E-state index contributed by atoms with van der Waals surface area (Å²) >= 11 is 0. The Hall–Kier alpha value is -8.27. The van der Waals surface area contributed by atoms with E-state index in [-0.39, 0.29) is 59.3 Å². The van der Waals surface area contributed by atoms with Crippen LogP contribution in [0, 0.1) is 17.1 Å². The van der Waals surface area contributed by atoms with E-state index in [0.717, 1.165) is 10.5 Å². The lowest BCUT2D eigenvalue weighted by Crippen LogP contribution is -2.54. The van der Waals surface area contributed by atoms with Crippen LogP contribution in [0.1, 0.15) is 49.6 Å². The Bertz CT molecular complexity index is 2980. The van der Waals surface area contributed by atoms with Crippen LogP contribution in [-0.4, -0.2) is 172 Å². The van der Waals surface area contributed by atoms with Crippen molar-refractivity contribution < 1.29 is 56.8 Å². The molecule has 5 aromatic rings. The van der Waals surface area contributed by atoms with Gasteiger partial charge in [-0.15, -0.1) is 0 Å². The number of aromatic nitrogens is 3. The summed E-state index contributed by atoms with van der Waals surface area (Å²) < 4.78 is 42.6. The molecule has 0 bridgehead atoms. The van der Waals surface area contributed by atoms with Gasteiger partial charge in [-0.1, -0.05) is 18.2 Å². The van der Waals surface area contributed by atoms with Crippen LogP contribution in [0.4, 0.5) is 21.5 Å². The normalized spacial score (nSPS) is 15.5. The summed E-state index contributed by atoms with van der Waals surface area (Å²) in [5.41, 5.74) is 3.82. The molecule has 4 N–H and O–H groups in total. The minimum atomic E-state index is -1.04. The van der Waals surface area contributed by atoms with Gasteiger partial charge in [-0.25, -0.2) is 14.4 Å². The molecule has 396 valence electrons. The number of nitrogens with one attached hydrogen (secondary N) is 4. The largest absolute Gasteiger partial charge is 0.496 e. The Morgan fingerprint density at radius 1 is 0.803 bits per heavy atom. The topological polar surface area (TPSA) is 269 Å². The monoisotopic (exact) mass is 1040 g/mol. The van der Waals surface area contributed by atoms with Crippen molar-refractivity contribution in [2.45, 2.75) is 18.9 Å². The number of pyridine rings is 1. The number of halogens is 1. The van der Waals surface area contributed by atoms with Gasteiger partial charge in [0.15, 0.2) is 5.82 Å². The van der Waals surface area contributed by atoms with Gasteiger partial charge < -0.3 is 44.5 Å². The molecular formula is C53H56FN11O11. The number of benzene rings is 3. The van der Waals surface area contributed by atoms with E-state index in [1.807, 2.05) is 11.0 Å². The molecule has 2 aromatic heterocycles. The Balaban J connectivity index is 0.696. The number of amides is 6. The van der Waals surface area contributed by atoms with Gasteiger partial charge in [0.05, 0.1) is 106 Å². The molecule has 0 aliphatic carbocycles. The maximum atomic E-state index is 14.9. The first-order valence-corrected chi connectivity index (χ1v) is 24.6. The minimum Gasteiger partial charge on any atom is -0.496 e. The van der Waals surface area contributed by atoms with E-state index in [9.17, 15) is 38.4 Å². The second kappa shape index (κ2) is 26.3. The van der Waals surface area contributed by atoms with Crippen LogP contribution >= 0.6 is 0 Å². The molecule has 3 aromatic carbocycles. The third kappa shape index (κ3) is 13.3.